The number of hydrogen-bond acceptors (Lipinski definition) is 7. The molecule has 0 bridgehead atoms. The van der Waals surface area contributed by atoms with Crippen LogP contribution in [0.5, 0.6) is 5.75 Å². The Balaban J connectivity index is 2.74. The van der Waals surface area contributed by atoms with Gasteiger partial charge in [-0.3, -0.25) is 14.4 Å². The molecule has 0 aliphatic heterocycles. The summed E-state index contributed by atoms with van der Waals surface area (Å²) in [4.78, 5) is 36.6. The third-order valence-corrected chi connectivity index (χ3v) is 5.01. The Bertz CT molecular complexity index is 663. The summed E-state index contributed by atoms with van der Waals surface area (Å²) >= 11 is 0. The molecular formula is C21H33N3O5. The van der Waals surface area contributed by atoms with Crippen LogP contribution in [0.2, 0.25) is 0 Å². The van der Waals surface area contributed by atoms with Crippen molar-refractivity contribution in [2.45, 2.75) is 44.6 Å². The van der Waals surface area contributed by atoms with E-state index in [1.807, 2.05) is 7.05 Å². The average Bonchev–Trinajstić information content (AvgIpc) is 2.69. The van der Waals surface area contributed by atoms with Crippen molar-refractivity contribution in [3.63, 3.8) is 0 Å². The molecule has 0 heterocycles. The number of primary amides is 1. The van der Waals surface area contributed by atoms with Gasteiger partial charge in [0, 0.05) is 18.8 Å². The molecule has 0 aliphatic rings. The molecule has 3 atom stereocenters. The molecule has 0 spiro atoms. The Morgan fingerprint density at radius 3 is 2.21 bits per heavy atom. The van der Waals surface area contributed by atoms with Gasteiger partial charge in [0.05, 0.1) is 18.6 Å². The number of aliphatic hydroxyl groups excluding tert-OH is 1. The van der Waals surface area contributed by atoms with Gasteiger partial charge < -0.3 is 27.0 Å². The van der Waals surface area contributed by atoms with E-state index in [9.17, 15) is 24.6 Å². The van der Waals surface area contributed by atoms with Crippen LogP contribution in [0.15, 0.2) is 24.3 Å². The molecule has 0 radical (unpaired) electrons. The molecule has 1 aromatic carbocycles. The lowest BCUT2D eigenvalue weighted by Crippen LogP contribution is -2.36. The van der Waals surface area contributed by atoms with Crippen molar-refractivity contribution in [2.24, 2.45) is 23.3 Å². The van der Waals surface area contributed by atoms with Crippen LogP contribution in [0.4, 0.5) is 0 Å². The number of nitrogens with one attached hydrogen (secondary N) is 1. The smallest absolute Gasteiger partial charge is 0.223 e. The summed E-state index contributed by atoms with van der Waals surface area (Å²) < 4.78 is 0. The molecule has 1 aromatic rings. The number of amides is 1. The summed E-state index contributed by atoms with van der Waals surface area (Å²) in [6.07, 6.45) is 2.23. The molecule has 8 heteroatoms. The number of hydrogen-bond donors (Lipinski definition) is 5. The quantitative estimate of drug-likeness (QED) is 0.261. The highest BCUT2D eigenvalue weighted by Crippen LogP contribution is 2.20. The molecule has 0 saturated heterocycles. The summed E-state index contributed by atoms with van der Waals surface area (Å²) in [6.45, 7) is 0.303. The standard InChI is InChI=1S/C21H33N3O5/c1-24-9-3-2-4-15(19(27)12-16(13-25)21(23)29)11-20(28)18(22)10-14-5-7-17(26)8-6-14/h5-8,15-16,18,24-26H,2-4,9-13,22H2,1H3,(H2,23,29)/t15-,16+,18+/m1/s1. The summed E-state index contributed by atoms with van der Waals surface area (Å²) in [6, 6.07) is 5.68. The topological polar surface area (TPSA) is 156 Å². The second-order valence-corrected chi connectivity index (χ2v) is 7.40. The number of nitrogens with two attached hydrogens (primary N) is 2. The second kappa shape index (κ2) is 13.0. The zero-order valence-corrected chi connectivity index (χ0v) is 17.0. The number of unbranched alkanes of at least 4 members (excludes halogenated alkanes) is 1. The van der Waals surface area contributed by atoms with E-state index < -0.39 is 30.4 Å². The van der Waals surface area contributed by atoms with Gasteiger partial charge in [-0.1, -0.05) is 18.6 Å². The van der Waals surface area contributed by atoms with E-state index in [1.165, 1.54) is 12.1 Å². The number of rotatable bonds is 15. The third kappa shape index (κ3) is 9.17. The van der Waals surface area contributed by atoms with Crippen LogP contribution in [0.1, 0.15) is 37.7 Å². The van der Waals surface area contributed by atoms with Gasteiger partial charge >= 0.3 is 0 Å². The van der Waals surface area contributed by atoms with Gasteiger partial charge in [0.1, 0.15) is 11.5 Å². The normalized spacial score (nSPS) is 14.2. The Labute approximate surface area is 171 Å². The lowest BCUT2D eigenvalue weighted by molar-refractivity contribution is -0.132. The minimum Gasteiger partial charge on any atom is -0.508 e. The number of aliphatic hydroxyl groups is 1. The minimum atomic E-state index is -0.942. The van der Waals surface area contributed by atoms with Gasteiger partial charge in [-0.15, -0.1) is 0 Å². The highest BCUT2D eigenvalue weighted by Gasteiger charge is 2.28. The SMILES string of the molecule is CNCCCC[C@H](CC(=O)[C@@H](N)Cc1ccc(O)cc1)C(=O)C[C@@H](CO)C(N)=O. The predicted octanol–water partition coefficient (Wildman–Crippen LogP) is 0.280. The second-order valence-electron chi connectivity index (χ2n) is 7.40. The molecular weight excluding hydrogens is 374 g/mol. The third-order valence-electron chi connectivity index (χ3n) is 5.01. The van der Waals surface area contributed by atoms with Crippen molar-refractivity contribution < 1.29 is 24.6 Å². The molecule has 0 fully saturated rings. The number of Topliss-reactive ketones (excluding diaryl/α,β-unsaturated/α-hetero) is 2. The fraction of sp³-hybridized carbons (Fsp3) is 0.571. The van der Waals surface area contributed by atoms with Crippen LogP contribution in [0.3, 0.4) is 0 Å². The van der Waals surface area contributed by atoms with Crippen LogP contribution < -0.4 is 16.8 Å². The molecule has 1 amide bonds. The highest BCUT2D eigenvalue weighted by molar-refractivity contribution is 5.92. The highest BCUT2D eigenvalue weighted by atomic mass is 16.3. The average molecular weight is 408 g/mol. The van der Waals surface area contributed by atoms with Crippen LogP contribution in [-0.4, -0.2) is 53.9 Å². The van der Waals surface area contributed by atoms with Crippen molar-refractivity contribution in [2.75, 3.05) is 20.2 Å². The summed E-state index contributed by atoms with van der Waals surface area (Å²) in [5.74, 6) is -2.58. The van der Waals surface area contributed by atoms with Gasteiger partial charge in [-0.05, 0) is 50.6 Å². The largest absolute Gasteiger partial charge is 0.508 e. The molecule has 29 heavy (non-hydrogen) atoms. The van der Waals surface area contributed by atoms with Gasteiger partial charge in [0.2, 0.25) is 5.91 Å². The van der Waals surface area contributed by atoms with E-state index in [0.717, 1.165) is 24.9 Å². The first-order valence-corrected chi connectivity index (χ1v) is 9.92. The Morgan fingerprint density at radius 1 is 1.03 bits per heavy atom. The Kier molecular flexibility index (Phi) is 11.1. The number of phenolic OH excluding ortho intramolecular Hbond substituents is 1. The molecule has 0 unspecified atom stereocenters. The first kappa shape index (κ1) is 24.7. The zero-order valence-electron chi connectivity index (χ0n) is 17.0. The van der Waals surface area contributed by atoms with Crippen LogP contribution in [0, 0.1) is 11.8 Å². The van der Waals surface area contributed by atoms with E-state index in [1.54, 1.807) is 12.1 Å². The maximum absolute atomic E-state index is 12.7. The van der Waals surface area contributed by atoms with Crippen molar-refractivity contribution in [1.82, 2.24) is 5.32 Å². The monoisotopic (exact) mass is 407 g/mol. The molecule has 0 saturated carbocycles. The maximum atomic E-state index is 12.7. The van der Waals surface area contributed by atoms with Crippen molar-refractivity contribution in [1.29, 1.82) is 0 Å². The predicted molar refractivity (Wildman–Crippen MR) is 110 cm³/mol. The van der Waals surface area contributed by atoms with E-state index in [4.69, 9.17) is 11.5 Å². The van der Waals surface area contributed by atoms with E-state index in [-0.39, 0.29) is 30.2 Å². The lowest BCUT2D eigenvalue weighted by atomic mass is 9.85. The van der Waals surface area contributed by atoms with E-state index >= 15 is 0 Å². The van der Waals surface area contributed by atoms with E-state index in [0.29, 0.717) is 12.8 Å². The molecule has 0 aromatic heterocycles. The zero-order chi connectivity index (χ0) is 21.8. The molecule has 7 N–H and O–H groups in total. The van der Waals surface area contributed by atoms with Gasteiger partial charge in [-0.2, -0.15) is 0 Å². The number of phenols is 1. The number of carbonyl (C=O) groups excluding carboxylic acids is 3. The molecule has 8 nitrogen and oxygen atoms in total. The molecule has 162 valence electrons. The maximum Gasteiger partial charge on any atom is 0.223 e. The van der Waals surface area contributed by atoms with Crippen molar-refractivity contribution in [3.8, 4) is 5.75 Å². The van der Waals surface area contributed by atoms with Crippen LogP contribution in [0.25, 0.3) is 0 Å². The minimum absolute atomic E-state index is 0.00541. The fourth-order valence-electron chi connectivity index (χ4n) is 3.13. The summed E-state index contributed by atoms with van der Waals surface area (Å²) in [7, 11) is 1.84. The van der Waals surface area contributed by atoms with Gasteiger partial charge in [-0.25, -0.2) is 0 Å². The van der Waals surface area contributed by atoms with Crippen molar-refractivity contribution in [3.05, 3.63) is 29.8 Å². The first-order chi connectivity index (χ1) is 13.8. The van der Waals surface area contributed by atoms with E-state index in [2.05, 4.69) is 5.32 Å². The van der Waals surface area contributed by atoms with Crippen molar-refractivity contribution >= 4 is 17.5 Å². The number of benzene rings is 1. The first-order valence-electron chi connectivity index (χ1n) is 9.92. The lowest BCUT2D eigenvalue weighted by Gasteiger charge is -2.19. The number of aromatic hydroxyl groups is 1. The Morgan fingerprint density at radius 2 is 1.66 bits per heavy atom. The Hall–Kier alpha value is -2.29. The van der Waals surface area contributed by atoms with Gasteiger partial charge in [0.25, 0.3) is 0 Å². The summed E-state index contributed by atoms with van der Waals surface area (Å²) in [5, 5.41) is 21.6. The molecule has 1 rings (SSSR count). The van der Waals surface area contributed by atoms with Crippen LogP contribution in [-0.2, 0) is 20.8 Å². The fourth-order valence-corrected chi connectivity index (χ4v) is 3.13. The summed E-state index contributed by atoms with van der Waals surface area (Å²) in [5.41, 5.74) is 12.1. The number of ketones is 2. The van der Waals surface area contributed by atoms with Gasteiger partial charge in [0.15, 0.2) is 5.78 Å². The molecule has 0 aliphatic carbocycles. The van der Waals surface area contributed by atoms with Crippen LogP contribution >= 0.6 is 0 Å². The number of carbonyl (C=O) groups is 3.